The van der Waals surface area contributed by atoms with Crippen LogP contribution in [0.2, 0.25) is 5.02 Å². The van der Waals surface area contributed by atoms with Crippen molar-refractivity contribution in [1.29, 1.82) is 0 Å². The lowest BCUT2D eigenvalue weighted by atomic mass is 10.2. The first-order valence-electron chi connectivity index (χ1n) is 7.42. The zero-order valence-corrected chi connectivity index (χ0v) is 14.9. The van der Waals surface area contributed by atoms with Crippen LogP contribution in [0, 0.1) is 0 Å². The van der Waals surface area contributed by atoms with Gasteiger partial charge in [-0.05, 0) is 17.7 Å². The van der Waals surface area contributed by atoms with Crippen LogP contribution in [0.3, 0.4) is 0 Å². The maximum Gasteiger partial charge on any atom is 0.240 e. The summed E-state index contributed by atoms with van der Waals surface area (Å²) in [5, 5.41) is 13.6. The highest BCUT2D eigenvalue weighted by Crippen LogP contribution is 2.24. The molecular formula is C16H20ClN3O3S. The average molecular weight is 370 g/mol. The zero-order chi connectivity index (χ0) is 17.4. The second kappa shape index (κ2) is 9.68. The number of benzene rings is 1. The van der Waals surface area contributed by atoms with Gasteiger partial charge in [0.15, 0.2) is 5.16 Å². The maximum absolute atomic E-state index is 12.0. The van der Waals surface area contributed by atoms with Crippen molar-refractivity contribution in [2.45, 2.75) is 24.1 Å². The van der Waals surface area contributed by atoms with E-state index in [2.05, 4.69) is 10.3 Å². The number of aliphatic hydroxyl groups is 1. The Hall–Kier alpha value is -1.54. The SMILES string of the molecule is COCCNC(=O)Cn1c(CO)cnc1SCc1ccc(Cl)cc1. The van der Waals surface area contributed by atoms with E-state index in [1.54, 1.807) is 17.9 Å². The van der Waals surface area contributed by atoms with E-state index in [-0.39, 0.29) is 19.1 Å². The van der Waals surface area contributed by atoms with Gasteiger partial charge in [0.05, 0.1) is 25.1 Å². The van der Waals surface area contributed by atoms with Gasteiger partial charge in [-0.1, -0.05) is 35.5 Å². The second-order valence-electron chi connectivity index (χ2n) is 5.03. The number of aromatic nitrogens is 2. The molecule has 1 aromatic carbocycles. The molecule has 0 fully saturated rings. The van der Waals surface area contributed by atoms with Gasteiger partial charge in [0.25, 0.3) is 0 Å². The number of halogens is 1. The smallest absolute Gasteiger partial charge is 0.240 e. The molecule has 1 heterocycles. The minimum Gasteiger partial charge on any atom is -0.390 e. The summed E-state index contributed by atoms with van der Waals surface area (Å²) in [6.45, 7) is 0.856. The Kier molecular flexibility index (Phi) is 7.58. The molecule has 2 rings (SSSR count). The Morgan fingerprint density at radius 2 is 2.17 bits per heavy atom. The molecule has 0 atom stereocenters. The molecule has 24 heavy (non-hydrogen) atoms. The van der Waals surface area contributed by atoms with E-state index in [1.807, 2.05) is 24.3 Å². The number of nitrogens with zero attached hydrogens (tertiary/aromatic N) is 2. The van der Waals surface area contributed by atoms with Gasteiger partial charge >= 0.3 is 0 Å². The number of thioether (sulfide) groups is 1. The number of amides is 1. The van der Waals surface area contributed by atoms with Crippen molar-refractivity contribution in [2.24, 2.45) is 0 Å². The average Bonchev–Trinajstić information content (AvgIpc) is 2.96. The fourth-order valence-electron chi connectivity index (χ4n) is 2.02. The van der Waals surface area contributed by atoms with Crippen molar-refractivity contribution in [3.8, 4) is 0 Å². The molecular weight excluding hydrogens is 350 g/mol. The first kappa shape index (κ1) is 18.8. The molecule has 130 valence electrons. The molecule has 1 amide bonds. The molecule has 0 radical (unpaired) electrons. The molecule has 0 unspecified atom stereocenters. The number of imidazole rings is 1. The highest BCUT2D eigenvalue weighted by atomic mass is 35.5. The van der Waals surface area contributed by atoms with Crippen LogP contribution in [-0.2, 0) is 28.4 Å². The first-order chi connectivity index (χ1) is 11.6. The first-order valence-corrected chi connectivity index (χ1v) is 8.78. The third kappa shape index (κ3) is 5.52. The van der Waals surface area contributed by atoms with E-state index in [4.69, 9.17) is 16.3 Å². The van der Waals surface area contributed by atoms with Gasteiger partial charge in [-0.15, -0.1) is 0 Å². The van der Waals surface area contributed by atoms with Crippen molar-refractivity contribution in [3.05, 3.63) is 46.7 Å². The number of carbonyl (C=O) groups is 1. The Balaban J connectivity index is 2.00. The normalized spacial score (nSPS) is 10.8. The standard InChI is InChI=1S/C16H20ClN3O3S/c1-23-7-6-18-15(22)9-20-14(10-21)8-19-16(20)24-11-12-2-4-13(17)5-3-12/h2-5,8,21H,6-7,9-11H2,1H3,(H,18,22). The molecule has 2 N–H and O–H groups in total. The van der Waals surface area contributed by atoms with Crippen LogP contribution in [0.15, 0.2) is 35.6 Å². The van der Waals surface area contributed by atoms with Crippen LogP contribution >= 0.6 is 23.4 Å². The van der Waals surface area contributed by atoms with E-state index in [9.17, 15) is 9.90 Å². The molecule has 8 heteroatoms. The predicted octanol–water partition coefficient (Wildman–Crippen LogP) is 2.08. The minimum absolute atomic E-state index is 0.114. The molecule has 0 spiro atoms. The van der Waals surface area contributed by atoms with E-state index >= 15 is 0 Å². The van der Waals surface area contributed by atoms with E-state index in [0.29, 0.717) is 34.8 Å². The second-order valence-corrected chi connectivity index (χ2v) is 6.41. The van der Waals surface area contributed by atoms with Gasteiger partial charge in [0.2, 0.25) is 5.91 Å². The van der Waals surface area contributed by atoms with Gasteiger partial charge in [0.1, 0.15) is 6.54 Å². The minimum atomic E-state index is -0.167. The van der Waals surface area contributed by atoms with Gasteiger partial charge in [-0.25, -0.2) is 4.98 Å². The molecule has 0 saturated carbocycles. The monoisotopic (exact) mass is 369 g/mol. The summed E-state index contributed by atoms with van der Waals surface area (Å²) in [6, 6.07) is 7.58. The number of carbonyl (C=O) groups excluding carboxylic acids is 1. The quantitative estimate of drug-likeness (QED) is 0.523. The van der Waals surface area contributed by atoms with Crippen LogP contribution in [0.5, 0.6) is 0 Å². The number of aliphatic hydroxyl groups excluding tert-OH is 1. The molecule has 0 aliphatic rings. The summed E-state index contributed by atoms with van der Waals surface area (Å²) >= 11 is 7.39. The van der Waals surface area contributed by atoms with E-state index in [0.717, 1.165) is 5.56 Å². The van der Waals surface area contributed by atoms with Crippen LogP contribution < -0.4 is 5.32 Å². The summed E-state index contributed by atoms with van der Waals surface area (Å²) in [5.74, 6) is 0.553. The van der Waals surface area contributed by atoms with Crippen LogP contribution in [-0.4, -0.2) is 40.8 Å². The summed E-state index contributed by atoms with van der Waals surface area (Å²) in [5.41, 5.74) is 1.71. The number of methoxy groups -OCH3 is 1. The Morgan fingerprint density at radius 3 is 2.83 bits per heavy atom. The summed E-state index contributed by atoms with van der Waals surface area (Å²) < 4.78 is 6.63. The van der Waals surface area contributed by atoms with Crippen molar-refractivity contribution >= 4 is 29.3 Å². The van der Waals surface area contributed by atoms with Gasteiger partial charge in [-0.2, -0.15) is 0 Å². The van der Waals surface area contributed by atoms with Crippen LogP contribution in [0.4, 0.5) is 0 Å². The summed E-state index contributed by atoms with van der Waals surface area (Å²) in [4.78, 5) is 16.3. The molecule has 0 saturated heterocycles. The fourth-order valence-corrected chi connectivity index (χ4v) is 3.10. The topological polar surface area (TPSA) is 76.4 Å². The van der Waals surface area contributed by atoms with Crippen LogP contribution in [0.25, 0.3) is 0 Å². The molecule has 1 aromatic heterocycles. The zero-order valence-electron chi connectivity index (χ0n) is 13.4. The molecule has 0 bridgehead atoms. The Morgan fingerprint density at radius 1 is 1.42 bits per heavy atom. The lowest BCUT2D eigenvalue weighted by Gasteiger charge is -2.11. The van der Waals surface area contributed by atoms with Crippen molar-refractivity contribution in [1.82, 2.24) is 14.9 Å². The predicted molar refractivity (Wildman–Crippen MR) is 94.0 cm³/mol. The molecule has 0 aliphatic carbocycles. The summed E-state index contributed by atoms with van der Waals surface area (Å²) in [6.07, 6.45) is 1.59. The van der Waals surface area contributed by atoms with Gasteiger partial charge in [-0.3, -0.25) is 4.79 Å². The van der Waals surface area contributed by atoms with E-state index in [1.165, 1.54) is 11.8 Å². The highest BCUT2D eigenvalue weighted by molar-refractivity contribution is 7.98. The number of nitrogens with one attached hydrogen (secondary N) is 1. The molecule has 2 aromatic rings. The molecule has 0 aliphatic heterocycles. The number of ether oxygens (including phenoxy) is 1. The van der Waals surface area contributed by atoms with E-state index < -0.39 is 0 Å². The Bertz CT molecular complexity index is 661. The van der Waals surface area contributed by atoms with Crippen molar-refractivity contribution < 1.29 is 14.6 Å². The number of hydrogen-bond acceptors (Lipinski definition) is 5. The van der Waals surface area contributed by atoms with Crippen molar-refractivity contribution in [2.75, 3.05) is 20.3 Å². The largest absolute Gasteiger partial charge is 0.390 e. The summed E-state index contributed by atoms with van der Waals surface area (Å²) in [7, 11) is 1.58. The third-order valence-electron chi connectivity index (χ3n) is 3.27. The van der Waals surface area contributed by atoms with Gasteiger partial charge in [0, 0.05) is 24.4 Å². The third-order valence-corrected chi connectivity index (χ3v) is 4.59. The molecule has 6 nitrogen and oxygen atoms in total. The number of hydrogen-bond donors (Lipinski definition) is 2. The fraction of sp³-hybridized carbons (Fsp3) is 0.375. The highest BCUT2D eigenvalue weighted by Gasteiger charge is 2.13. The van der Waals surface area contributed by atoms with Crippen LogP contribution in [0.1, 0.15) is 11.3 Å². The van der Waals surface area contributed by atoms with Crippen molar-refractivity contribution in [3.63, 3.8) is 0 Å². The Labute approximate surface area is 150 Å². The maximum atomic E-state index is 12.0. The number of rotatable bonds is 9. The van der Waals surface area contributed by atoms with Gasteiger partial charge < -0.3 is 19.7 Å². The lowest BCUT2D eigenvalue weighted by Crippen LogP contribution is -2.31. The lowest BCUT2D eigenvalue weighted by molar-refractivity contribution is -0.122.